The average molecular weight is 370 g/mol. The molecule has 0 aliphatic rings. The minimum absolute atomic E-state index is 0.1000. The summed E-state index contributed by atoms with van der Waals surface area (Å²) in [6, 6.07) is 8.66. The zero-order valence-corrected chi connectivity index (χ0v) is 17.1. The standard InChI is InChI=1S/C9H12.C8H17N3O3.C2H6O/c1-3-9-6-4-8(2)5-7-9;1-8(2,3)14-7(12)10-5-6(9)11-13-4;1-2-3/h4-7H,3H2,1-2H3;5H2,1-4H3,(H2,9,11)(H,10,12);3H,2H2,1H3. The second-order valence-electron chi connectivity index (χ2n) is 6.28. The molecule has 1 aromatic carbocycles. The number of carbonyl (C=O) groups excluding carboxylic acids is 1. The molecular weight excluding hydrogens is 334 g/mol. The smallest absolute Gasteiger partial charge is 0.408 e. The Morgan fingerprint density at radius 3 is 2.12 bits per heavy atom. The van der Waals surface area contributed by atoms with Crippen LogP contribution < -0.4 is 11.1 Å². The summed E-state index contributed by atoms with van der Waals surface area (Å²) in [4.78, 5) is 15.5. The monoisotopic (exact) mass is 369 g/mol. The molecule has 0 atom stereocenters. The predicted molar refractivity (Wildman–Crippen MR) is 106 cm³/mol. The Labute approximate surface area is 157 Å². The summed E-state index contributed by atoms with van der Waals surface area (Å²) in [6.07, 6.45) is 0.604. The number of alkyl carbamates (subject to hydrolysis) is 1. The van der Waals surface area contributed by atoms with Crippen molar-refractivity contribution < 1.29 is 19.5 Å². The number of nitrogens with two attached hydrogens (primary N) is 1. The van der Waals surface area contributed by atoms with E-state index in [9.17, 15) is 4.79 Å². The number of aliphatic hydroxyl groups is 1. The van der Waals surface area contributed by atoms with E-state index in [1.807, 2.05) is 0 Å². The van der Waals surface area contributed by atoms with E-state index in [4.69, 9.17) is 15.6 Å². The lowest BCUT2D eigenvalue weighted by Gasteiger charge is -2.19. The lowest BCUT2D eigenvalue weighted by molar-refractivity contribution is 0.0535. The summed E-state index contributed by atoms with van der Waals surface area (Å²) in [5, 5.41) is 13.4. The normalized spacial score (nSPS) is 10.5. The summed E-state index contributed by atoms with van der Waals surface area (Å²) < 4.78 is 4.96. The van der Waals surface area contributed by atoms with Crippen LogP contribution in [-0.2, 0) is 16.0 Å². The number of oxime groups is 1. The molecule has 0 spiro atoms. The van der Waals surface area contributed by atoms with Crippen LogP contribution in [0.2, 0.25) is 0 Å². The number of rotatable bonds is 4. The molecule has 150 valence electrons. The Bertz CT molecular complexity index is 509. The van der Waals surface area contributed by atoms with Gasteiger partial charge < -0.3 is 25.7 Å². The first-order valence-electron chi connectivity index (χ1n) is 8.58. The number of aliphatic hydroxyl groups excluding tert-OH is 1. The Kier molecular flexibility index (Phi) is 15.0. The highest BCUT2D eigenvalue weighted by molar-refractivity contribution is 5.85. The Balaban J connectivity index is 0. The summed E-state index contributed by atoms with van der Waals surface area (Å²) in [5.41, 5.74) is 7.59. The molecule has 0 aromatic heterocycles. The van der Waals surface area contributed by atoms with Crippen LogP contribution >= 0.6 is 0 Å². The van der Waals surface area contributed by atoms with Gasteiger partial charge in [0.2, 0.25) is 0 Å². The van der Waals surface area contributed by atoms with Crippen molar-refractivity contribution in [1.82, 2.24) is 5.32 Å². The highest BCUT2D eigenvalue weighted by Gasteiger charge is 2.15. The molecule has 0 saturated carbocycles. The third kappa shape index (κ3) is 18.1. The van der Waals surface area contributed by atoms with Gasteiger partial charge in [0, 0.05) is 6.61 Å². The van der Waals surface area contributed by atoms with Crippen LogP contribution in [0.3, 0.4) is 0 Å². The van der Waals surface area contributed by atoms with E-state index in [1.54, 1.807) is 27.7 Å². The molecule has 7 nitrogen and oxygen atoms in total. The largest absolute Gasteiger partial charge is 0.444 e. The highest BCUT2D eigenvalue weighted by Crippen LogP contribution is 2.06. The second kappa shape index (κ2) is 15.0. The predicted octanol–water partition coefficient (Wildman–Crippen LogP) is 2.99. The molecule has 1 rings (SSSR count). The molecule has 0 aliphatic heterocycles. The molecule has 26 heavy (non-hydrogen) atoms. The fourth-order valence-corrected chi connectivity index (χ4v) is 1.45. The highest BCUT2D eigenvalue weighted by atomic mass is 16.6. The van der Waals surface area contributed by atoms with E-state index in [0.29, 0.717) is 0 Å². The minimum atomic E-state index is -0.535. The van der Waals surface area contributed by atoms with E-state index in [2.05, 4.69) is 53.4 Å². The number of hydrogen-bond donors (Lipinski definition) is 3. The van der Waals surface area contributed by atoms with Gasteiger partial charge in [0.1, 0.15) is 12.7 Å². The van der Waals surface area contributed by atoms with Gasteiger partial charge >= 0.3 is 6.09 Å². The van der Waals surface area contributed by atoms with E-state index in [0.717, 1.165) is 6.42 Å². The number of aryl methyl sites for hydroxylation is 2. The quantitative estimate of drug-likeness (QED) is 0.430. The van der Waals surface area contributed by atoms with E-state index >= 15 is 0 Å². The van der Waals surface area contributed by atoms with Crippen LogP contribution in [0.15, 0.2) is 29.4 Å². The maximum Gasteiger partial charge on any atom is 0.408 e. The zero-order valence-electron chi connectivity index (χ0n) is 17.1. The maximum atomic E-state index is 11.1. The molecule has 0 radical (unpaired) electrons. The maximum absolute atomic E-state index is 11.1. The number of amides is 1. The summed E-state index contributed by atoms with van der Waals surface area (Å²) in [5.74, 6) is 0.179. The van der Waals surface area contributed by atoms with Crippen molar-refractivity contribution in [2.24, 2.45) is 10.9 Å². The SMILES string of the molecule is CCO.CCc1ccc(C)cc1.CO/N=C(\N)CNC(=O)OC(C)(C)C. The topological polar surface area (TPSA) is 106 Å². The Morgan fingerprint density at radius 1 is 1.23 bits per heavy atom. The molecule has 0 bridgehead atoms. The van der Waals surface area contributed by atoms with Crippen molar-refractivity contribution in [2.75, 3.05) is 20.3 Å². The first kappa shape index (κ1) is 26.0. The molecule has 0 aliphatic carbocycles. The van der Waals surface area contributed by atoms with Crippen LogP contribution in [0.25, 0.3) is 0 Å². The van der Waals surface area contributed by atoms with Crippen LogP contribution in [0, 0.1) is 6.92 Å². The number of nitrogens with one attached hydrogen (secondary N) is 1. The van der Waals surface area contributed by atoms with Gasteiger partial charge in [-0.3, -0.25) is 0 Å². The van der Waals surface area contributed by atoms with Crippen molar-refractivity contribution in [3.8, 4) is 0 Å². The van der Waals surface area contributed by atoms with Crippen LogP contribution in [-0.4, -0.2) is 42.9 Å². The third-order valence-electron chi connectivity index (χ3n) is 2.55. The van der Waals surface area contributed by atoms with Crippen molar-refractivity contribution in [2.45, 2.75) is 53.6 Å². The number of benzene rings is 1. The van der Waals surface area contributed by atoms with Gasteiger partial charge in [-0.2, -0.15) is 0 Å². The van der Waals surface area contributed by atoms with Crippen molar-refractivity contribution >= 4 is 11.9 Å². The van der Waals surface area contributed by atoms with Gasteiger partial charge in [-0.05, 0) is 46.6 Å². The molecule has 4 N–H and O–H groups in total. The van der Waals surface area contributed by atoms with Crippen LogP contribution in [0.1, 0.15) is 45.7 Å². The van der Waals surface area contributed by atoms with Gasteiger partial charge in [0.25, 0.3) is 0 Å². The summed E-state index contributed by atoms with van der Waals surface area (Å²) in [7, 11) is 1.38. The molecule has 1 amide bonds. The molecule has 0 unspecified atom stereocenters. The van der Waals surface area contributed by atoms with Gasteiger partial charge in [0.05, 0.1) is 6.54 Å². The van der Waals surface area contributed by atoms with Crippen LogP contribution in [0.4, 0.5) is 4.79 Å². The van der Waals surface area contributed by atoms with E-state index in [1.165, 1.54) is 18.2 Å². The average Bonchev–Trinajstić information content (AvgIpc) is 2.54. The third-order valence-corrected chi connectivity index (χ3v) is 2.55. The van der Waals surface area contributed by atoms with Crippen molar-refractivity contribution in [3.05, 3.63) is 35.4 Å². The summed E-state index contributed by atoms with van der Waals surface area (Å²) >= 11 is 0. The first-order valence-corrected chi connectivity index (χ1v) is 8.58. The number of amidine groups is 1. The number of ether oxygens (including phenoxy) is 1. The Hall–Kier alpha value is -2.28. The second-order valence-corrected chi connectivity index (χ2v) is 6.28. The molecule has 0 saturated heterocycles. The lowest BCUT2D eigenvalue weighted by atomic mass is 10.1. The fourth-order valence-electron chi connectivity index (χ4n) is 1.45. The number of carbonyl (C=O) groups is 1. The molecule has 0 heterocycles. The number of hydrogen-bond acceptors (Lipinski definition) is 5. The molecule has 1 aromatic rings. The van der Waals surface area contributed by atoms with E-state index < -0.39 is 11.7 Å². The molecule has 7 heteroatoms. The minimum Gasteiger partial charge on any atom is -0.444 e. The van der Waals surface area contributed by atoms with Gasteiger partial charge in [-0.15, -0.1) is 0 Å². The first-order chi connectivity index (χ1) is 12.1. The van der Waals surface area contributed by atoms with Crippen molar-refractivity contribution in [1.29, 1.82) is 0 Å². The Morgan fingerprint density at radius 2 is 1.73 bits per heavy atom. The summed E-state index contributed by atoms with van der Waals surface area (Å²) in [6.45, 7) is 11.6. The van der Waals surface area contributed by atoms with Crippen LogP contribution in [0.5, 0.6) is 0 Å². The fraction of sp³-hybridized carbons (Fsp3) is 0.579. The van der Waals surface area contributed by atoms with E-state index in [-0.39, 0.29) is 19.0 Å². The van der Waals surface area contributed by atoms with Crippen molar-refractivity contribution in [3.63, 3.8) is 0 Å². The lowest BCUT2D eigenvalue weighted by Crippen LogP contribution is -2.37. The van der Waals surface area contributed by atoms with Gasteiger partial charge in [-0.1, -0.05) is 41.9 Å². The zero-order chi connectivity index (χ0) is 20.6. The van der Waals surface area contributed by atoms with Gasteiger partial charge in [0.15, 0.2) is 5.84 Å². The van der Waals surface area contributed by atoms with Gasteiger partial charge in [-0.25, -0.2) is 4.79 Å². The number of nitrogens with zero attached hydrogens (tertiary/aromatic N) is 1. The molecule has 0 fully saturated rings. The molecular formula is C19H35N3O4.